The number of ether oxygens (including phenoxy) is 2. The van der Waals surface area contributed by atoms with Crippen LogP contribution in [0.5, 0.6) is 5.75 Å². The molecule has 24 heavy (non-hydrogen) atoms. The Morgan fingerprint density at radius 3 is 2.67 bits per heavy atom. The van der Waals surface area contributed by atoms with E-state index in [0.717, 1.165) is 5.56 Å². The number of carbonyl (C=O) groups excluding carboxylic acids is 1. The molecule has 0 fully saturated rings. The fourth-order valence-corrected chi connectivity index (χ4v) is 2.03. The maximum atomic E-state index is 13.7. The van der Waals surface area contributed by atoms with Gasteiger partial charge in [-0.2, -0.15) is 0 Å². The Morgan fingerprint density at radius 2 is 2.00 bits per heavy atom. The Hall–Kier alpha value is -2.44. The van der Waals surface area contributed by atoms with Gasteiger partial charge in [0.05, 0.1) is 19.3 Å². The van der Waals surface area contributed by atoms with Gasteiger partial charge >= 0.3 is 5.97 Å². The third-order valence-corrected chi connectivity index (χ3v) is 3.15. The third kappa shape index (κ3) is 5.98. The summed E-state index contributed by atoms with van der Waals surface area (Å²) >= 11 is 0. The zero-order chi connectivity index (χ0) is 17.4. The van der Waals surface area contributed by atoms with Gasteiger partial charge in [0.1, 0.15) is 0 Å². The molecule has 6 heteroatoms. The molecule has 0 aliphatic carbocycles. The SMILES string of the molecule is CC(=O)Oc1ccc(NCC(O)COCc2ccccc2)cc1F. The van der Waals surface area contributed by atoms with E-state index in [-0.39, 0.29) is 18.9 Å². The van der Waals surface area contributed by atoms with Crippen molar-refractivity contribution in [2.75, 3.05) is 18.5 Å². The number of anilines is 1. The van der Waals surface area contributed by atoms with E-state index >= 15 is 0 Å². The summed E-state index contributed by atoms with van der Waals surface area (Å²) in [6.07, 6.45) is -0.732. The zero-order valence-corrected chi connectivity index (χ0v) is 13.4. The highest BCUT2D eigenvalue weighted by atomic mass is 19.1. The van der Waals surface area contributed by atoms with Crippen LogP contribution in [0, 0.1) is 5.82 Å². The van der Waals surface area contributed by atoms with Crippen molar-refractivity contribution in [2.24, 2.45) is 0 Å². The normalized spacial score (nSPS) is 11.8. The monoisotopic (exact) mass is 333 g/mol. The molecule has 2 aromatic rings. The van der Waals surface area contributed by atoms with Crippen LogP contribution in [0.1, 0.15) is 12.5 Å². The second-order valence-corrected chi connectivity index (χ2v) is 5.27. The molecule has 5 nitrogen and oxygen atoms in total. The first-order chi connectivity index (χ1) is 11.5. The number of nitrogens with one attached hydrogen (secondary N) is 1. The van der Waals surface area contributed by atoms with Crippen molar-refractivity contribution in [3.63, 3.8) is 0 Å². The van der Waals surface area contributed by atoms with E-state index in [4.69, 9.17) is 9.47 Å². The van der Waals surface area contributed by atoms with E-state index in [9.17, 15) is 14.3 Å². The topological polar surface area (TPSA) is 67.8 Å². The Balaban J connectivity index is 1.74. The van der Waals surface area contributed by atoms with Gasteiger partial charge in [-0.05, 0) is 17.7 Å². The minimum atomic E-state index is -0.732. The van der Waals surface area contributed by atoms with Crippen LogP contribution in [0.4, 0.5) is 10.1 Å². The fraction of sp³-hybridized carbons (Fsp3) is 0.278. The van der Waals surface area contributed by atoms with Crippen LogP contribution in [0.3, 0.4) is 0 Å². The van der Waals surface area contributed by atoms with Gasteiger partial charge in [0, 0.05) is 25.2 Å². The highest BCUT2D eigenvalue weighted by Crippen LogP contribution is 2.21. The number of rotatable bonds is 8. The summed E-state index contributed by atoms with van der Waals surface area (Å²) < 4.78 is 23.9. The van der Waals surface area contributed by atoms with Crippen LogP contribution >= 0.6 is 0 Å². The molecule has 128 valence electrons. The number of aliphatic hydroxyl groups is 1. The summed E-state index contributed by atoms with van der Waals surface area (Å²) in [4.78, 5) is 10.8. The smallest absolute Gasteiger partial charge is 0.308 e. The highest BCUT2D eigenvalue weighted by Gasteiger charge is 2.09. The van der Waals surface area contributed by atoms with E-state index in [1.54, 1.807) is 6.07 Å². The molecule has 2 aromatic carbocycles. The van der Waals surface area contributed by atoms with Gasteiger partial charge in [-0.25, -0.2) is 4.39 Å². The Labute approximate surface area is 140 Å². The second kappa shape index (κ2) is 9.00. The number of halogens is 1. The summed E-state index contributed by atoms with van der Waals surface area (Å²) in [5, 5.41) is 12.8. The lowest BCUT2D eigenvalue weighted by atomic mass is 10.2. The lowest BCUT2D eigenvalue weighted by molar-refractivity contribution is -0.132. The molecule has 0 saturated carbocycles. The quantitative estimate of drug-likeness (QED) is 0.574. The molecule has 0 saturated heterocycles. The van der Waals surface area contributed by atoms with Crippen LogP contribution in [-0.4, -0.2) is 30.3 Å². The van der Waals surface area contributed by atoms with Crippen LogP contribution in [-0.2, 0) is 16.1 Å². The first-order valence-corrected chi connectivity index (χ1v) is 7.56. The Bertz CT molecular complexity index is 663. The molecule has 2 rings (SSSR count). The summed E-state index contributed by atoms with van der Waals surface area (Å²) in [6.45, 7) is 2.00. The van der Waals surface area contributed by atoms with Crippen molar-refractivity contribution in [1.82, 2.24) is 0 Å². The Kier molecular flexibility index (Phi) is 6.72. The van der Waals surface area contributed by atoms with Gasteiger partial charge in [-0.15, -0.1) is 0 Å². The van der Waals surface area contributed by atoms with Crippen molar-refractivity contribution in [3.8, 4) is 5.75 Å². The van der Waals surface area contributed by atoms with E-state index in [1.807, 2.05) is 30.3 Å². The molecule has 0 aromatic heterocycles. The molecule has 0 bridgehead atoms. The van der Waals surface area contributed by atoms with Gasteiger partial charge in [0.25, 0.3) is 0 Å². The first kappa shape index (κ1) is 17.9. The van der Waals surface area contributed by atoms with Crippen molar-refractivity contribution >= 4 is 11.7 Å². The van der Waals surface area contributed by atoms with Gasteiger partial charge in [-0.1, -0.05) is 30.3 Å². The van der Waals surface area contributed by atoms with Gasteiger partial charge in [0.15, 0.2) is 11.6 Å². The molecule has 0 amide bonds. The van der Waals surface area contributed by atoms with Crippen LogP contribution in [0.2, 0.25) is 0 Å². The van der Waals surface area contributed by atoms with Crippen LogP contribution in [0.25, 0.3) is 0 Å². The first-order valence-electron chi connectivity index (χ1n) is 7.56. The molecule has 0 radical (unpaired) electrons. The number of carbonyl (C=O) groups is 1. The summed E-state index contributed by atoms with van der Waals surface area (Å²) in [5.74, 6) is -1.36. The van der Waals surface area contributed by atoms with Crippen molar-refractivity contribution in [1.29, 1.82) is 0 Å². The average Bonchev–Trinajstić information content (AvgIpc) is 2.56. The maximum absolute atomic E-state index is 13.7. The molecule has 0 spiro atoms. The summed E-state index contributed by atoms with van der Waals surface area (Å²) in [6, 6.07) is 13.8. The number of hydrogen-bond donors (Lipinski definition) is 2. The van der Waals surface area contributed by atoms with Crippen LogP contribution in [0.15, 0.2) is 48.5 Å². The second-order valence-electron chi connectivity index (χ2n) is 5.27. The molecule has 0 aliphatic heterocycles. The molecular weight excluding hydrogens is 313 g/mol. The minimum Gasteiger partial charge on any atom is -0.424 e. The van der Waals surface area contributed by atoms with Gasteiger partial charge in [-0.3, -0.25) is 4.79 Å². The highest BCUT2D eigenvalue weighted by molar-refractivity contribution is 5.69. The number of hydrogen-bond acceptors (Lipinski definition) is 5. The largest absolute Gasteiger partial charge is 0.424 e. The van der Waals surface area contributed by atoms with Gasteiger partial charge in [0.2, 0.25) is 0 Å². The fourth-order valence-electron chi connectivity index (χ4n) is 2.03. The predicted octanol–water partition coefficient (Wildman–Crippen LogP) is 2.74. The molecule has 0 aliphatic rings. The lowest BCUT2D eigenvalue weighted by Crippen LogP contribution is -2.24. The van der Waals surface area contributed by atoms with E-state index in [2.05, 4.69) is 5.32 Å². The van der Waals surface area contributed by atoms with Crippen molar-refractivity contribution in [2.45, 2.75) is 19.6 Å². The molecule has 2 N–H and O–H groups in total. The zero-order valence-electron chi connectivity index (χ0n) is 13.4. The average molecular weight is 333 g/mol. The molecular formula is C18H20FNO4. The van der Waals surface area contributed by atoms with E-state index in [1.165, 1.54) is 19.1 Å². The minimum absolute atomic E-state index is 0.125. The van der Waals surface area contributed by atoms with Gasteiger partial charge < -0.3 is 19.9 Å². The predicted molar refractivity (Wildman–Crippen MR) is 88.3 cm³/mol. The molecule has 1 atom stereocenters. The Morgan fingerprint density at radius 1 is 1.25 bits per heavy atom. The summed E-state index contributed by atoms with van der Waals surface area (Å²) in [7, 11) is 0. The maximum Gasteiger partial charge on any atom is 0.308 e. The lowest BCUT2D eigenvalue weighted by Gasteiger charge is -2.14. The number of aliphatic hydroxyl groups excluding tert-OH is 1. The van der Waals surface area contributed by atoms with Crippen molar-refractivity contribution < 1.29 is 23.8 Å². The van der Waals surface area contributed by atoms with E-state index < -0.39 is 17.9 Å². The van der Waals surface area contributed by atoms with Crippen LogP contribution < -0.4 is 10.1 Å². The number of esters is 1. The summed E-state index contributed by atoms with van der Waals surface area (Å²) in [5.41, 5.74) is 1.51. The number of benzene rings is 2. The van der Waals surface area contributed by atoms with Crippen molar-refractivity contribution in [3.05, 3.63) is 59.9 Å². The third-order valence-electron chi connectivity index (χ3n) is 3.15. The van der Waals surface area contributed by atoms with E-state index in [0.29, 0.717) is 12.3 Å². The standard InChI is InChI=1S/C18H20FNO4/c1-13(21)24-18-8-7-15(9-17(18)19)20-10-16(22)12-23-11-14-5-3-2-4-6-14/h2-9,16,20,22H,10-12H2,1H3. The molecule has 1 unspecified atom stereocenters. The molecule has 0 heterocycles.